The van der Waals surface area contributed by atoms with Crippen LogP contribution < -0.4 is 21.5 Å². The number of nitrogens with two attached hydrogens (primary N) is 2. The number of carbonyl (C=O) groups excluding carboxylic acids is 1. The van der Waals surface area contributed by atoms with Crippen LogP contribution in [0.3, 0.4) is 0 Å². The molecule has 0 bridgehead atoms. The van der Waals surface area contributed by atoms with Crippen molar-refractivity contribution in [1.82, 2.24) is 4.98 Å². The van der Waals surface area contributed by atoms with Gasteiger partial charge >= 0.3 is 0 Å². The molecule has 0 spiro atoms. The highest BCUT2D eigenvalue weighted by molar-refractivity contribution is 6.30. The van der Waals surface area contributed by atoms with E-state index in [0.717, 1.165) is 11.3 Å². The number of carbonyl (C=O) groups is 1. The number of hydrogen-bond donors (Lipinski definition) is 3. The number of hydrogen-bond acceptors (Lipinski definition) is 5. The van der Waals surface area contributed by atoms with E-state index in [1.165, 1.54) is 6.07 Å². The van der Waals surface area contributed by atoms with Crippen molar-refractivity contribution < 1.29 is 9.53 Å². The SMILES string of the molecule is CC(C)(C)/C(N)=C/C(=NCc1ccc(Cl)cc1)Nc1ccc(Oc2cccc(C(N)=O)n2)cc1. The molecule has 0 atom stereocenters. The van der Waals surface area contributed by atoms with Gasteiger partial charge in [-0.1, -0.05) is 50.6 Å². The summed E-state index contributed by atoms with van der Waals surface area (Å²) >= 11 is 5.98. The Kier molecular flexibility index (Phi) is 7.91. The monoisotopic (exact) mass is 477 g/mol. The van der Waals surface area contributed by atoms with Gasteiger partial charge in [0.05, 0.1) is 6.54 Å². The molecule has 0 radical (unpaired) electrons. The maximum atomic E-state index is 11.3. The highest BCUT2D eigenvalue weighted by Gasteiger charge is 2.14. The van der Waals surface area contributed by atoms with E-state index in [2.05, 4.69) is 10.3 Å². The van der Waals surface area contributed by atoms with Gasteiger partial charge in [0.2, 0.25) is 5.88 Å². The first-order chi connectivity index (χ1) is 16.1. The van der Waals surface area contributed by atoms with Crippen LogP contribution in [-0.4, -0.2) is 16.7 Å². The van der Waals surface area contributed by atoms with Crippen molar-refractivity contribution in [3.05, 3.63) is 94.8 Å². The minimum absolute atomic E-state index is 0.139. The molecule has 0 saturated heterocycles. The van der Waals surface area contributed by atoms with Crippen molar-refractivity contribution in [1.29, 1.82) is 0 Å². The van der Waals surface area contributed by atoms with Crippen LogP contribution in [0, 0.1) is 5.41 Å². The number of allylic oxidation sites excluding steroid dienone is 1. The molecule has 176 valence electrons. The smallest absolute Gasteiger partial charge is 0.267 e. The van der Waals surface area contributed by atoms with E-state index in [9.17, 15) is 4.79 Å². The van der Waals surface area contributed by atoms with Gasteiger partial charge in [0.15, 0.2) is 0 Å². The third-order valence-electron chi connectivity index (χ3n) is 4.83. The zero-order valence-corrected chi connectivity index (χ0v) is 20.1. The van der Waals surface area contributed by atoms with Gasteiger partial charge in [-0.2, -0.15) is 0 Å². The van der Waals surface area contributed by atoms with Crippen LogP contribution in [-0.2, 0) is 6.54 Å². The predicted octanol–water partition coefficient (Wildman–Crippen LogP) is 5.53. The summed E-state index contributed by atoms with van der Waals surface area (Å²) in [5.41, 5.74) is 14.1. The lowest BCUT2D eigenvalue weighted by atomic mass is 9.92. The summed E-state index contributed by atoms with van der Waals surface area (Å²) in [5, 5.41) is 4.00. The Morgan fingerprint density at radius 1 is 1.06 bits per heavy atom. The largest absolute Gasteiger partial charge is 0.439 e. The van der Waals surface area contributed by atoms with E-state index >= 15 is 0 Å². The second-order valence-corrected chi connectivity index (χ2v) is 9.09. The first kappa shape index (κ1) is 24.8. The number of aliphatic imine (C=N–C) groups is 1. The van der Waals surface area contributed by atoms with Gasteiger partial charge in [-0.05, 0) is 54.1 Å². The molecule has 1 aromatic heterocycles. The van der Waals surface area contributed by atoms with Crippen molar-refractivity contribution in [3.63, 3.8) is 0 Å². The lowest BCUT2D eigenvalue weighted by Gasteiger charge is -2.19. The molecule has 0 unspecified atom stereocenters. The summed E-state index contributed by atoms with van der Waals surface area (Å²) < 4.78 is 5.73. The van der Waals surface area contributed by atoms with Gasteiger partial charge in [-0.25, -0.2) is 4.98 Å². The number of benzene rings is 2. The molecule has 3 aromatic rings. The quantitative estimate of drug-likeness (QED) is 0.306. The normalized spacial score (nSPS) is 12.4. The van der Waals surface area contributed by atoms with E-state index in [1.54, 1.807) is 24.3 Å². The number of rotatable bonds is 7. The van der Waals surface area contributed by atoms with Crippen molar-refractivity contribution >= 4 is 29.0 Å². The molecule has 7 nitrogen and oxygen atoms in total. The molecule has 2 aromatic carbocycles. The topological polar surface area (TPSA) is 116 Å². The third-order valence-corrected chi connectivity index (χ3v) is 5.08. The molecule has 0 aliphatic heterocycles. The Bertz CT molecular complexity index is 1200. The number of aromatic nitrogens is 1. The van der Waals surface area contributed by atoms with Crippen LogP contribution in [0.15, 0.2) is 83.5 Å². The van der Waals surface area contributed by atoms with Crippen LogP contribution in [0.1, 0.15) is 36.8 Å². The fraction of sp³-hybridized carbons (Fsp3) is 0.192. The Morgan fingerprint density at radius 2 is 1.74 bits per heavy atom. The molecular formula is C26H28ClN5O2. The van der Waals surface area contributed by atoms with E-state index in [-0.39, 0.29) is 17.0 Å². The highest BCUT2D eigenvalue weighted by atomic mass is 35.5. The number of pyridine rings is 1. The van der Waals surface area contributed by atoms with Crippen molar-refractivity contribution in [2.45, 2.75) is 27.3 Å². The zero-order valence-electron chi connectivity index (χ0n) is 19.4. The van der Waals surface area contributed by atoms with E-state index < -0.39 is 5.91 Å². The second kappa shape index (κ2) is 10.9. The van der Waals surface area contributed by atoms with Crippen molar-refractivity contribution in [2.75, 3.05) is 5.32 Å². The standard InChI is InChI=1S/C26H28ClN5O2/c1-26(2,3)22(28)15-23(30-16-17-7-9-18(27)10-8-17)31-19-11-13-20(14-12-19)34-24-6-4-5-21(32-24)25(29)33/h4-15H,16,28H2,1-3H3,(H2,29,33)(H,30,31)/b22-15-. The number of amidine groups is 1. The maximum Gasteiger partial charge on any atom is 0.267 e. The Balaban J connectivity index is 1.77. The van der Waals surface area contributed by atoms with E-state index in [1.807, 2.05) is 63.2 Å². The molecule has 5 N–H and O–H groups in total. The van der Waals surface area contributed by atoms with E-state index in [0.29, 0.717) is 28.8 Å². The molecular weight excluding hydrogens is 450 g/mol. The van der Waals surface area contributed by atoms with Crippen LogP contribution in [0.5, 0.6) is 11.6 Å². The lowest BCUT2D eigenvalue weighted by molar-refractivity contribution is 0.0995. The van der Waals surface area contributed by atoms with Crippen molar-refractivity contribution in [2.24, 2.45) is 21.9 Å². The van der Waals surface area contributed by atoms with Crippen molar-refractivity contribution in [3.8, 4) is 11.6 Å². The van der Waals surface area contributed by atoms with Gasteiger partial charge in [0.1, 0.15) is 17.3 Å². The van der Waals surface area contributed by atoms with Gasteiger partial charge in [-0.15, -0.1) is 0 Å². The minimum atomic E-state index is -0.613. The summed E-state index contributed by atoms with van der Waals surface area (Å²) in [6.45, 7) is 6.60. The fourth-order valence-electron chi connectivity index (χ4n) is 2.74. The molecule has 34 heavy (non-hydrogen) atoms. The summed E-state index contributed by atoms with van der Waals surface area (Å²) in [6.07, 6.45) is 1.85. The Morgan fingerprint density at radius 3 is 2.35 bits per heavy atom. The number of amides is 1. The highest BCUT2D eigenvalue weighted by Crippen LogP contribution is 2.23. The molecule has 1 heterocycles. The molecule has 3 rings (SSSR count). The van der Waals surface area contributed by atoms with Gasteiger partial charge in [-0.3, -0.25) is 9.79 Å². The van der Waals surface area contributed by atoms with Crippen LogP contribution in [0.4, 0.5) is 5.69 Å². The van der Waals surface area contributed by atoms with Crippen LogP contribution in [0.25, 0.3) is 0 Å². The Hall–Kier alpha value is -3.84. The first-order valence-corrected chi connectivity index (χ1v) is 11.1. The number of ether oxygens (including phenoxy) is 1. The fourth-order valence-corrected chi connectivity index (χ4v) is 2.86. The second-order valence-electron chi connectivity index (χ2n) is 8.65. The number of nitrogens with zero attached hydrogens (tertiary/aromatic N) is 2. The molecule has 0 aliphatic carbocycles. The van der Waals surface area contributed by atoms with Crippen LogP contribution >= 0.6 is 11.6 Å². The van der Waals surface area contributed by atoms with Gasteiger partial charge < -0.3 is 21.5 Å². The van der Waals surface area contributed by atoms with Crippen LogP contribution in [0.2, 0.25) is 5.02 Å². The molecule has 8 heteroatoms. The van der Waals surface area contributed by atoms with Gasteiger partial charge in [0.25, 0.3) is 5.91 Å². The zero-order chi connectivity index (χ0) is 24.7. The number of halogens is 1. The number of anilines is 1. The number of primary amides is 1. The van der Waals surface area contributed by atoms with Gasteiger partial charge in [0, 0.05) is 27.9 Å². The summed E-state index contributed by atoms with van der Waals surface area (Å²) in [4.78, 5) is 20.1. The lowest BCUT2D eigenvalue weighted by Crippen LogP contribution is -2.21. The average Bonchev–Trinajstić information content (AvgIpc) is 2.79. The first-order valence-electron chi connectivity index (χ1n) is 10.7. The predicted molar refractivity (Wildman–Crippen MR) is 137 cm³/mol. The summed E-state index contributed by atoms with van der Waals surface area (Å²) in [7, 11) is 0. The molecule has 0 aliphatic rings. The summed E-state index contributed by atoms with van der Waals surface area (Å²) in [6, 6.07) is 19.7. The number of nitrogens with one attached hydrogen (secondary N) is 1. The molecule has 0 saturated carbocycles. The summed E-state index contributed by atoms with van der Waals surface area (Å²) in [5.74, 6) is 0.858. The Labute approximate surface area is 204 Å². The average molecular weight is 478 g/mol. The molecule has 0 fully saturated rings. The molecule has 1 amide bonds. The minimum Gasteiger partial charge on any atom is -0.439 e. The maximum absolute atomic E-state index is 11.3. The van der Waals surface area contributed by atoms with E-state index in [4.69, 9.17) is 32.8 Å². The third kappa shape index (κ3) is 7.35.